The van der Waals surface area contributed by atoms with Crippen molar-refractivity contribution in [1.82, 2.24) is 19.5 Å². The van der Waals surface area contributed by atoms with Crippen molar-refractivity contribution < 1.29 is 32.6 Å². The summed E-state index contributed by atoms with van der Waals surface area (Å²) in [5, 5.41) is 9.43. The Balaban J connectivity index is 1.29. The van der Waals surface area contributed by atoms with Gasteiger partial charge in [0.05, 0.1) is 41.1 Å². The fraction of sp³-hybridized carbons (Fsp3) is 0.214. The summed E-state index contributed by atoms with van der Waals surface area (Å²) < 4.78 is 48.7. The van der Waals surface area contributed by atoms with Gasteiger partial charge < -0.3 is 23.6 Å². The van der Waals surface area contributed by atoms with E-state index < -0.39 is 17.6 Å². The lowest BCUT2D eigenvalue weighted by molar-refractivity contribution is -0.0589. The molecule has 1 atom stereocenters. The molecule has 11 heteroatoms. The van der Waals surface area contributed by atoms with Crippen molar-refractivity contribution in [2.45, 2.75) is 32.1 Å². The summed E-state index contributed by atoms with van der Waals surface area (Å²) in [4.78, 5) is 24.2. The average molecular weight is 533 g/mol. The van der Waals surface area contributed by atoms with Crippen LogP contribution < -0.4 is 4.74 Å². The molecule has 1 aliphatic heterocycles. The molecule has 0 aliphatic carbocycles. The Bertz CT molecular complexity index is 1660. The van der Waals surface area contributed by atoms with Crippen LogP contribution in [0.2, 0.25) is 0 Å². The Morgan fingerprint density at radius 3 is 2.74 bits per heavy atom. The minimum atomic E-state index is -1.06. The molecule has 39 heavy (non-hydrogen) atoms. The van der Waals surface area contributed by atoms with Gasteiger partial charge in [-0.1, -0.05) is 6.07 Å². The van der Waals surface area contributed by atoms with E-state index >= 15 is 8.78 Å². The molecule has 4 heterocycles. The molecule has 1 aliphatic rings. The number of aromatic carboxylic acids is 1. The van der Waals surface area contributed by atoms with Crippen LogP contribution in [0.25, 0.3) is 22.3 Å². The third-order valence-electron chi connectivity index (χ3n) is 6.58. The molecule has 6 rings (SSSR count). The molecule has 0 saturated carbocycles. The highest BCUT2D eigenvalue weighted by atomic mass is 19.1. The fourth-order valence-electron chi connectivity index (χ4n) is 4.47. The molecule has 2 aromatic carbocycles. The maximum absolute atomic E-state index is 15.3. The molecule has 5 aromatic rings. The van der Waals surface area contributed by atoms with E-state index in [0.717, 1.165) is 18.6 Å². The molecule has 0 radical (unpaired) electrons. The van der Waals surface area contributed by atoms with Crippen molar-refractivity contribution >= 4 is 17.0 Å². The third kappa shape index (κ3) is 5.08. The van der Waals surface area contributed by atoms with Gasteiger partial charge in [-0.15, -0.1) is 0 Å². The highest BCUT2D eigenvalue weighted by Crippen LogP contribution is 2.29. The van der Waals surface area contributed by atoms with E-state index in [0.29, 0.717) is 35.8 Å². The fourth-order valence-corrected chi connectivity index (χ4v) is 4.47. The monoisotopic (exact) mass is 532 g/mol. The van der Waals surface area contributed by atoms with Crippen LogP contribution in [-0.2, 0) is 24.3 Å². The molecule has 1 saturated heterocycles. The first kappa shape index (κ1) is 24.7. The number of aromatic nitrogens is 4. The number of pyridine rings is 1. The SMILES string of the molecule is O=C(O)c1ccc2nc(Cc3cc(F)c(-c4cccc(OCc5cnco5)n4)cc3F)n(CC3CCO3)c2c1. The summed E-state index contributed by atoms with van der Waals surface area (Å²) in [7, 11) is 0. The van der Waals surface area contributed by atoms with Crippen LogP contribution in [0, 0.1) is 11.6 Å². The van der Waals surface area contributed by atoms with Gasteiger partial charge in [0.15, 0.2) is 12.2 Å². The second-order valence-corrected chi connectivity index (χ2v) is 9.15. The van der Waals surface area contributed by atoms with Gasteiger partial charge in [-0.05, 0) is 48.4 Å². The quantitative estimate of drug-likeness (QED) is 0.282. The smallest absolute Gasteiger partial charge is 0.335 e. The highest BCUT2D eigenvalue weighted by Gasteiger charge is 2.23. The highest BCUT2D eigenvalue weighted by molar-refractivity contribution is 5.92. The van der Waals surface area contributed by atoms with Crippen molar-refractivity contribution in [3.05, 3.63) is 95.5 Å². The standard InChI is InChI=1S/C28H22F2N4O5/c29-21-11-20(23-2-1-3-27(33-23)38-14-19-12-31-15-39-19)22(30)8-17(21)10-26-32-24-5-4-16(28(35)36)9-25(24)34(26)13-18-6-7-37-18/h1-5,8-9,11-12,15,18H,6-7,10,13-14H2,(H,35,36). The number of benzene rings is 2. The topological polar surface area (TPSA) is 113 Å². The second-order valence-electron chi connectivity index (χ2n) is 9.15. The molecule has 1 unspecified atom stereocenters. The predicted molar refractivity (Wildman–Crippen MR) is 134 cm³/mol. The molecule has 0 amide bonds. The van der Waals surface area contributed by atoms with Crippen LogP contribution in [0.5, 0.6) is 5.88 Å². The molecule has 3 aromatic heterocycles. The number of hydrogen-bond acceptors (Lipinski definition) is 7. The number of oxazole rings is 1. The van der Waals surface area contributed by atoms with Gasteiger partial charge in [0.2, 0.25) is 5.88 Å². The van der Waals surface area contributed by atoms with Crippen molar-refractivity contribution in [1.29, 1.82) is 0 Å². The van der Waals surface area contributed by atoms with Crippen molar-refractivity contribution in [2.24, 2.45) is 0 Å². The largest absolute Gasteiger partial charge is 0.478 e. The molecular weight excluding hydrogens is 510 g/mol. The number of rotatable bonds is 9. The zero-order chi connectivity index (χ0) is 26.9. The van der Waals surface area contributed by atoms with E-state index in [9.17, 15) is 9.90 Å². The maximum atomic E-state index is 15.3. The zero-order valence-corrected chi connectivity index (χ0v) is 20.5. The maximum Gasteiger partial charge on any atom is 0.335 e. The van der Waals surface area contributed by atoms with E-state index in [1.807, 2.05) is 4.57 Å². The van der Waals surface area contributed by atoms with Gasteiger partial charge in [0.1, 0.15) is 24.1 Å². The first-order valence-electron chi connectivity index (χ1n) is 12.2. The van der Waals surface area contributed by atoms with Crippen LogP contribution in [0.3, 0.4) is 0 Å². The van der Waals surface area contributed by atoms with Crippen LogP contribution in [0.15, 0.2) is 65.5 Å². The number of carbonyl (C=O) groups is 1. The van der Waals surface area contributed by atoms with Gasteiger partial charge in [0, 0.05) is 24.7 Å². The zero-order valence-electron chi connectivity index (χ0n) is 20.5. The van der Waals surface area contributed by atoms with Crippen LogP contribution >= 0.6 is 0 Å². The van der Waals surface area contributed by atoms with Crippen molar-refractivity contribution in [2.75, 3.05) is 6.61 Å². The summed E-state index contributed by atoms with van der Waals surface area (Å²) in [6, 6.07) is 11.7. The normalized spacial score (nSPS) is 14.9. The van der Waals surface area contributed by atoms with E-state index in [1.165, 1.54) is 24.7 Å². The third-order valence-corrected chi connectivity index (χ3v) is 6.58. The predicted octanol–water partition coefficient (Wildman–Crippen LogP) is 5.02. The van der Waals surface area contributed by atoms with Crippen LogP contribution in [-0.4, -0.2) is 43.3 Å². The number of hydrogen-bond donors (Lipinski definition) is 1. The van der Waals surface area contributed by atoms with E-state index in [1.54, 1.807) is 24.3 Å². The average Bonchev–Trinajstić information content (AvgIpc) is 3.54. The number of carboxylic acids is 1. The summed E-state index contributed by atoms with van der Waals surface area (Å²) in [5.74, 6) is -1.13. The van der Waals surface area contributed by atoms with Crippen molar-refractivity contribution in [3.63, 3.8) is 0 Å². The number of imidazole rings is 1. The number of carboxylic acid groups (broad SMARTS) is 1. The van der Waals surface area contributed by atoms with Crippen LogP contribution in [0.4, 0.5) is 8.78 Å². The Morgan fingerprint density at radius 1 is 1.13 bits per heavy atom. The molecular formula is C28H22F2N4O5. The molecule has 9 nitrogen and oxygen atoms in total. The number of nitrogens with zero attached hydrogens (tertiary/aromatic N) is 4. The number of halogens is 2. The first-order chi connectivity index (χ1) is 18.9. The van der Waals surface area contributed by atoms with Gasteiger partial charge in [-0.2, -0.15) is 0 Å². The molecule has 198 valence electrons. The number of ether oxygens (including phenoxy) is 2. The van der Waals surface area contributed by atoms with Crippen LogP contribution in [0.1, 0.15) is 33.9 Å². The van der Waals surface area contributed by atoms with Crippen molar-refractivity contribution in [3.8, 4) is 17.1 Å². The van der Waals surface area contributed by atoms with E-state index in [2.05, 4.69) is 15.0 Å². The summed E-state index contributed by atoms with van der Waals surface area (Å²) in [6.07, 6.45) is 3.59. The second kappa shape index (κ2) is 10.3. The minimum Gasteiger partial charge on any atom is -0.478 e. The van der Waals surface area contributed by atoms with E-state index in [-0.39, 0.29) is 47.4 Å². The molecule has 1 fully saturated rings. The molecule has 0 spiro atoms. The molecule has 0 bridgehead atoms. The summed E-state index contributed by atoms with van der Waals surface area (Å²) >= 11 is 0. The minimum absolute atomic E-state index is 0.000595. The Hall–Kier alpha value is -4.64. The van der Waals surface area contributed by atoms with Gasteiger partial charge in [0.25, 0.3) is 0 Å². The lowest BCUT2D eigenvalue weighted by Crippen LogP contribution is -2.31. The number of fused-ring (bicyclic) bond motifs is 1. The first-order valence-corrected chi connectivity index (χ1v) is 12.2. The lowest BCUT2D eigenvalue weighted by Gasteiger charge is -2.27. The van der Waals surface area contributed by atoms with Gasteiger partial charge in [-0.3, -0.25) is 0 Å². The lowest BCUT2D eigenvalue weighted by atomic mass is 10.0. The van der Waals surface area contributed by atoms with E-state index in [4.69, 9.17) is 13.9 Å². The molecule has 1 N–H and O–H groups in total. The summed E-state index contributed by atoms with van der Waals surface area (Å²) in [6.45, 7) is 1.17. The Morgan fingerprint density at radius 2 is 2.00 bits per heavy atom. The Labute approximate surface area is 220 Å². The van der Waals surface area contributed by atoms with Gasteiger partial charge in [-0.25, -0.2) is 28.5 Å². The summed E-state index contributed by atoms with van der Waals surface area (Å²) in [5.41, 5.74) is 1.60. The van der Waals surface area contributed by atoms with Gasteiger partial charge >= 0.3 is 5.97 Å². The Kier molecular flexibility index (Phi) is 6.49.